The van der Waals surface area contributed by atoms with Crippen LogP contribution in [0.5, 0.6) is 0 Å². The fraction of sp³-hybridized carbons (Fsp3) is 0.600. The molecule has 0 aromatic heterocycles. The molecule has 0 aliphatic heterocycles. The summed E-state index contributed by atoms with van der Waals surface area (Å²) in [5, 5.41) is 0. The molecule has 0 radical (unpaired) electrons. The first kappa shape index (κ1) is 9.48. The molecule has 0 heteroatoms. The molecule has 0 nitrogen and oxygen atoms in total. The first-order chi connectivity index (χ1) is 4.66. The summed E-state index contributed by atoms with van der Waals surface area (Å²) in [4.78, 5) is 0. The lowest BCUT2D eigenvalue weighted by Crippen LogP contribution is -1.88. The maximum Gasteiger partial charge on any atom is -0.0257 e. The van der Waals surface area contributed by atoms with Crippen molar-refractivity contribution in [1.82, 2.24) is 0 Å². The molecular weight excluding hydrogens is 120 g/mol. The Labute approximate surface area is 64.6 Å². The topological polar surface area (TPSA) is 0 Å². The molecule has 0 aromatic carbocycles. The Balaban J connectivity index is 3.52. The van der Waals surface area contributed by atoms with Crippen LogP contribution in [0.15, 0.2) is 24.3 Å². The minimum atomic E-state index is 0.711. The summed E-state index contributed by atoms with van der Waals surface area (Å²) in [6.45, 7) is 10.2. The average Bonchev–Trinajstić information content (AvgIpc) is 1.82. The van der Waals surface area contributed by atoms with Crippen molar-refractivity contribution in [3.63, 3.8) is 0 Å². The molecule has 0 saturated heterocycles. The van der Waals surface area contributed by atoms with Crippen LogP contribution >= 0.6 is 0 Å². The van der Waals surface area contributed by atoms with Gasteiger partial charge in [-0.25, -0.2) is 0 Å². The van der Waals surface area contributed by atoms with Crippen molar-refractivity contribution in [2.24, 2.45) is 5.92 Å². The van der Waals surface area contributed by atoms with Crippen LogP contribution in [0.1, 0.15) is 33.6 Å². The van der Waals surface area contributed by atoms with E-state index in [-0.39, 0.29) is 0 Å². The number of allylic oxidation sites excluding steroid dienone is 3. The Morgan fingerprint density at radius 2 is 2.10 bits per heavy atom. The summed E-state index contributed by atoms with van der Waals surface area (Å²) in [6.07, 6.45) is 6.65. The molecule has 0 fully saturated rings. The van der Waals surface area contributed by atoms with E-state index >= 15 is 0 Å². The quantitative estimate of drug-likeness (QED) is 0.521. The van der Waals surface area contributed by atoms with Gasteiger partial charge in [-0.15, -0.1) is 6.58 Å². The van der Waals surface area contributed by atoms with Crippen molar-refractivity contribution in [1.29, 1.82) is 0 Å². The second-order valence-electron chi connectivity index (χ2n) is 3.09. The van der Waals surface area contributed by atoms with Gasteiger partial charge in [0.15, 0.2) is 0 Å². The van der Waals surface area contributed by atoms with E-state index in [0.29, 0.717) is 5.92 Å². The molecule has 0 unspecified atom stereocenters. The highest BCUT2D eigenvalue weighted by Crippen LogP contribution is 2.09. The van der Waals surface area contributed by atoms with E-state index in [1.807, 2.05) is 6.08 Å². The number of rotatable bonds is 4. The van der Waals surface area contributed by atoms with Crippen molar-refractivity contribution in [3.8, 4) is 0 Å². The van der Waals surface area contributed by atoms with E-state index in [4.69, 9.17) is 0 Å². The molecule has 10 heavy (non-hydrogen) atoms. The van der Waals surface area contributed by atoms with Gasteiger partial charge in [0.25, 0.3) is 0 Å². The van der Waals surface area contributed by atoms with Gasteiger partial charge in [-0.3, -0.25) is 0 Å². The third-order valence-electron chi connectivity index (χ3n) is 1.44. The average molecular weight is 138 g/mol. The molecule has 0 amide bonds. The summed E-state index contributed by atoms with van der Waals surface area (Å²) < 4.78 is 0. The van der Waals surface area contributed by atoms with Crippen LogP contribution < -0.4 is 0 Å². The molecule has 58 valence electrons. The molecule has 0 saturated carbocycles. The van der Waals surface area contributed by atoms with Gasteiger partial charge in [0, 0.05) is 0 Å². The lowest BCUT2D eigenvalue weighted by atomic mass is 10.0. The standard InChI is InChI=1S/C10H18/c1-5-6-7-10(4)8-9(2)3/h5,8,10H,1,6-7H2,2-4H3/t10-/m0/s1. The van der Waals surface area contributed by atoms with Crippen molar-refractivity contribution in [2.75, 3.05) is 0 Å². The summed E-state index contributed by atoms with van der Waals surface area (Å²) in [5.41, 5.74) is 1.41. The Bertz CT molecular complexity index is 116. The van der Waals surface area contributed by atoms with Gasteiger partial charge in [-0.2, -0.15) is 0 Å². The Morgan fingerprint density at radius 1 is 1.50 bits per heavy atom. The first-order valence-corrected chi connectivity index (χ1v) is 3.92. The van der Waals surface area contributed by atoms with Gasteiger partial charge in [-0.1, -0.05) is 24.6 Å². The van der Waals surface area contributed by atoms with Gasteiger partial charge in [0.1, 0.15) is 0 Å². The monoisotopic (exact) mass is 138 g/mol. The highest BCUT2D eigenvalue weighted by molar-refractivity contribution is 4.96. The van der Waals surface area contributed by atoms with Crippen molar-refractivity contribution in [2.45, 2.75) is 33.6 Å². The predicted octanol–water partition coefficient (Wildman–Crippen LogP) is 3.55. The normalized spacial score (nSPS) is 12.3. The Kier molecular flexibility index (Phi) is 5.00. The van der Waals surface area contributed by atoms with Gasteiger partial charge in [-0.05, 0) is 32.6 Å². The Morgan fingerprint density at radius 3 is 2.50 bits per heavy atom. The zero-order valence-electron chi connectivity index (χ0n) is 7.35. The van der Waals surface area contributed by atoms with Gasteiger partial charge >= 0.3 is 0 Å². The molecule has 0 aliphatic carbocycles. The smallest absolute Gasteiger partial charge is 0.0257 e. The first-order valence-electron chi connectivity index (χ1n) is 3.92. The SMILES string of the molecule is C=CCC[C@H](C)C=C(C)C. The molecule has 0 N–H and O–H groups in total. The van der Waals surface area contributed by atoms with Crippen LogP contribution in [-0.2, 0) is 0 Å². The third kappa shape index (κ3) is 5.61. The summed E-state index contributed by atoms with van der Waals surface area (Å²) >= 11 is 0. The summed E-state index contributed by atoms with van der Waals surface area (Å²) in [6, 6.07) is 0. The second kappa shape index (κ2) is 5.28. The second-order valence-corrected chi connectivity index (χ2v) is 3.09. The lowest BCUT2D eigenvalue weighted by molar-refractivity contribution is 0.654. The van der Waals surface area contributed by atoms with Crippen LogP contribution in [-0.4, -0.2) is 0 Å². The fourth-order valence-corrected chi connectivity index (χ4v) is 1.03. The maximum atomic E-state index is 3.69. The van der Waals surface area contributed by atoms with Gasteiger partial charge in [0.05, 0.1) is 0 Å². The van der Waals surface area contributed by atoms with Crippen LogP contribution in [0.3, 0.4) is 0 Å². The van der Waals surface area contributed by atoms with Crippen LogP contribution in [0.25, 0.3) is 0 Å². The molecule has 0 aromatic rings. The lowest BCUT2D eigenvalue weighted by Gasteiger charge is -2.03. The van der Waals surface area contributed by atoms with Crippen LogP contribution in [0.4, 0.5) is 0 Å². The zero-order chi connectivity index (χ0) is 7.98. The Hall–Kier alpha value is -0.520. The van der Waals surface area contributed by atoms with E-state index in [9.17, 15) is 0 Å². The number of hydrogen-bond acceptors (Lipinski definition) is 0. The maximum absolute atomic E-state index is 3.69. The van der Waals surface area contributed by atoms with E-state index in [0.717, 1.165) is 6.42 Å². The van der Waals surface area contributed by atoms with Gasteiger partial charge < -0.3 is 0 Å². The van der Waals surface area contributed by atoms with Crippen molar-refractivity contribution in [3.05, 3.63) is 24.3 Å². The molecule has 0 heterocycles. The molecular formula is C10H18. The van der Waals surface area contributed by atoms with Crippen molar-refractivity contribution < 1.29 is 0 Å². The van der Waals surface area contributed by atoms with Crippen LogP contribution in [0.2, 0.25) is 0 Å². The third-order valence-corrected chi connectivity index (χ3v) is 1.44. The summed E-state index contributed by atoms with van der Waals surface area (Å²) in [7, 11) is 0. The summed E-state index contributed by atoms with van der Waals surface area (Å²) in [5.74, 6) is 0.711. The largest absolute Gasteiger partial charge is 0.103 e. The van der Waals surface area contributed by atoms with E-state index in [2.05, 4.69) is 33.4 Å². The minimum Gasteiger partial charge on any atom is -0.103 e. The molecule has 1 atom stereocenters. The highest BCUT2D eigenvalue weighted by atomic mass is 14.0. The molecule has 0 bridgehead atoms. The van der Waals surface area contributed by atoms with E-state index in [1.54, 1.807) is 0 Å². The van der Waals surface area contributed by atoms with Gasteiger partial charge in [0.2, 0.25) is 0 Å². The zero-order valence-corrected chi connectivity index (χ0v) is 7.35. The highest BCUT2D eigenvalue weighted by Gasteiger charge is 1.94. The van der Waals surface area contributed by atoms with E-state index < -0.39 is 0 Å². The predicted molar refractivity (Wildman–Crippen MR) is 48.0 cm³/mol. The molecule has 0 rings (SSSR count). The van der Waals surface area contributed by atoms with Crippen LogP contribution in [0, 0.1) is 5.92 Å². The number of hydrogen-bond donors (Lipinski definition) is 0. The fourth-order valence-electron chi connectivity index (χ4n) is 1.03. The minimum absolute atomic E-state index is 0.711. The molecule has 0 aliphatic rings. The van der Waals surface area contributed by atoms with E-state index in [1.165, 1.54) is 12.0 Å². The van der Waals surface area contributed by atoms with Crippen molar-refractivity contribution >= 4 is 0 Å². The molecule has 0 spiro atoms.